The molecule has 0 atom stereocenters. The van der Waals surface area contributed by atoms with Gasteiger partial charge in [-0.2, -0.15) is 0 Å². The largest absolute Gasteiger partial charge is 0.478 e. The lowest BCUT2D eigenvalue weighted by atomic mass is 10.1. The SMILES string of the molecule is C=CC(O)(C(=O)O)C(=O)O.O. The molecule has 6 heteroatoms. The molecule has 64 valence electrons. The van der Waals surface area contributed by atoms with Gasteiger partial charge in [0.25, 0.3) is 5.60 Å². The van der Waals surface area contributed by atoms with Crippen LogP contribution < -0.4 is 0 Å². The highest BCUT2D eigenvalue weighted by atomic mass is 16.4. The fraction of sp³-hybridized carbons (Fsp3) is 0.200. The zero-order chi connectivity index (χ0) is 8.36. The topological polar surface area (TPSA) is 126 Å². The standard InChI is InChI=1S/C5H6O5.H2O/c1-2-5(10,3(6)7)4(8)9;/h2,10H,1H2,(H,6,7)(H,8,9);1H2. The molecule has 6 nitrogen and oxygen atoms in total. The van der Waals surface area contributed by atoms with Gasteiger partial charge in [-0.25, -0.2) is 9.59 Å². The number of aliphatic hydroxyl groups is 1. The van der Waals surface area contributed by atoms with Crippen LogP contribution in [0.1, 0.15) is 0 Å². The van der Waals surface area contributed by atoms with Crippen molar-refractivity contribution in [3.05, 3.63) is 12.7 Å². The Labute approximate surface area is 61.7 Å². The summed E-state index contributed by atoms with van der Waals surface area (Å²) >= 11 is 0. The van der Waals surface area contributed by atoms with E-state index in [-0.39, 0.29) is 5.48 Å². The molecule has 0 amide bonds. The Morgan fingerprint density at radius 1 is 1.27 bits per heavy atom. The molecule has 0 heterocycles. The second kappa shape index (κ2) is 3.69. The third-order valence-electron chi connectivity index (χ3n) is 0.948. The minimum absolute atomic E-state index is 0. The normalized spacial score (nSPS) is 9.55. The summed E-state index contributed by atoms with van der Waals surface area (Å²) in [6, 6.07) is 0. The summed E-state index contributed by atoms with van der Waals surface area (Å²) in [7, 11) is 0. The number of carboxylic acid groups (broad SMARTS) is 2. The molecule has 0 aromatic heterocycles. The van der Waals surface area contributed by atoms with E-state index in [0.717, 1.165) is 0 Å². The van der Waals surface area contributed by atoms with E-state index in [9.17, 15) is 9.59 Å². The summed E-state index contributed by atoms with van der Waals surface area (Å²) in [5.41, 5.74) is -2.86. The fourth-order valence-electron chi connectivity index (χ4n) is 0.266. The molecule has 0 unspecified atom stereocenters. The van der Waals surface area contributed by atoms with Gasteiger partial charge in [0.05, 0.1) is 0 Å². The van der Waals surface area contributed by atoms with Crippen LogP contribution in [0.25, 0.3) is 0 Å². The average molecular weight is 164 g/mol. The Bertz CT molecular complexity index is 169. The molecule has 0 aliphatic heterocycles. The highest BCUT2D eigenvalue weighted by Gasteiger charge is 2.41. The van der Waals surface area contributed by atoms with Crippen LogP contribution in [0.3, 0.4) is 0 Å². The number of hydrogen-bond donors (Lipinski definition) is 3. The first-order valence-corrected chi connectivity index (χ1v) is 2.28. The maximum absolute atomic E-state index is 9.99. The van der Waals surface area contributed by atoms with Crippen LogP contribution in [0, 0.1) is 0 Å². The van der Waals surface area contributed by atoms with E-state index >= 15 is 0 Å². The first-order valence-electron chi connectivity index (χ1n) is 2.28. The van der Waals surface area contributed by atoms with Gasteiger partial charge in [0.15, 0.2) is 0 Å². The van der Waals surface area contributed by atoms with Gasteiger partial charge >= 0.3 is 11.9 Å². The van der Waals surface area contributed by atoms with Crippen LogP contribution in [0.5, 0.6) is 0 Å². The summed E-state index contributed by atoms with van der Waals surface area (Å²) in [4.78, 5) is 20.0. The number of carbonyl (C=O) groups is 2. The Morgan fingerprint density at radius 3 is 1.55 bits per heavy atom. The molecular formula is C5H8O6. The first kappa shape index (κ1) is 12.3. The zero-order valence-electron chi connectivity index (χ0n) is 5.44. The van der Waals surface area contributed by atoms with Gasteiger partial charge in [0.2, 0.25) is 0 Å². The average Bonchev–Trinajstić information content (AvgIpc) is 1.85. The molecule has 0 aromatic carbocycles. The van der Waals surface area contributed by atoms with Gasteiger partial charge in [0, 0.05) is 0 Å². The first-order chi connectivity index (χ1) is 4.45. The maximum atomic E-state index is 9.99. The van der Waals surface area contributed by atoms with Crippen molar-refractivity contribution in [3.63, 3.8) is 0 Å². The third kappa shape index (κ3) is 2.03. The van der Waals surface area contributed by atoms with Crippen LogP contribution in [0.15, 0.2) is 12.7 Å². The number of aliphatic carboxylic acids is 2. The number of carboxylic acids is 2. The molecule has 0 aliphatic rings. The van der Waals surface area contributed by atoms with Crippen molar-refractivity contribution in [1.29, 1.82) is 0 Å². The van der Waals surface area contributed by atoms with Gasteiger partial charge in [-0.05, 0) is 6.08 Å². The Morgan fingerprint density at radius 2 is 1.55 bits per heavy atom. The zero-order valence-corrected chi connectivity index (χ0v) is 5.44. The Balaban J connectivity index is 0. The molecule has 0 rings (SSSR count). The monoisotopic (exact) mass is 164 g/mol. The second-order valence-corrected chi connectivity index (χ2v) is 1.58. The van der Waals surface area contributed by atoms with Crippen LogP contribution in [0.2, 0.25) is 0 Å². The van der Waals surface area contributed by atoms with Crippen LogP contribution in [-0.2, 0) is 9.59 Å². The Hall–Kier alpha value is -1.40. The van der Waals surface area contributed by atoms with E-state index in [1.54, 1.807) is 0 Å². The van der Waals surface area contributed by atoms with E-state index in [1.807, 2.05) is 0 Å². The lowest BCUT2D eigenvalue weighted by Gasteiger charge is -2.11. The Kier molecular flexibility index (Phi) is 4.13. The van der Waals surface area contributed by atoms with Crippen molar-refractivity contribution in [2.24, 2.45) is 0 Å². The predicted octanol–water partition coefficient (Wildman–Crippen LogP) is -1.75. The van der Waals surface area contributed by atoms with Gasteiger partial charge in [-0.1, -0.05) is 6.58 Å². The minimum atomic E-state index is -2.86. The fourth-order valence-corrected chi connectivity index (χ4v) is 0.266. The van der Waals surface area contributed by atoms with Gasteiger partial charge in [-0.15, -0.1) is 0 Å². The van der Waals surface area contributed by atoms with Crippen molar-refractivity contribution < 1.29 is 30.4 Å². The molecule has 11 heavy (non-hydrogen) atoms. The number of hydrogen-bond acceptors (Lipinski definition) is 3. The van der Waals surface area contributed by atoms with Gasteiger partial charge in [-0.3, -0.25) is 0 Å². The molecule has 0 aromatic rings. The van der Waals surface area contributed by atoms with Crippen LogP contribution >= 0.6 is 0 Å². The molecule has 0 saturated heterocycles. The smallest absolute Gasteiger partial charge is 0.351 e. The van der Waals surface area contributed by atoms with Crippen molar-refractivity contribution in [2.45, 2.75) is 5.60 Å². The summed E-state index contributed by atoms with van der Waals surface area (Å²) in [5, 5.41) is 24.9. The summed E-state index contributed by atoms with van der Waals surface area (Å²) in [5.74, 6) is -3.70. The molecule has 0 radical (unpaired) electrons. The summed E-state index contributed by atoms with van der Waals surface area (Å²) in [6.45, 7) is 2.86. The maximum Gasteiger partial charge on any atom is 0.351 e. The van der Waals surface area contributed by atoms with E-state index in [2.05, 4.69) is 6.58 Å². The van der Waals surface area contributed by atoms with Crippen LogP contribution in [0.4, 0.5) is 0 Å². The van der Waals surface area contributed by atoms with Gasteiger partial charge in [0.1, 0.15) is 0 Å². The second-order valence-electron chi connectivity index (χ2n) is 1.58. The molecule has 0 spiro atoms. The lowest BCUT2D eigenvalue weighted by molar-refractivity contribution is -0.169. The van der Waals surface area contributed by atoms with Crippen molar-refractivity contribution in [2.75, 3.05) is 0 Å². The molecule has 0 aliphatic carbocycles. The van der Waals surface area contributed by atoms with Crippen molar-refractivity contribution >= 4 is 11.9 Å². The molecule has 0 bridgehead atoms. The van der Waals surface area contributed by atoms with E-state index < -0.39 is 17.5 Å². The quantitative estimate of drug-likeness (QED) is 0.336. The molecule has 0 saturated carbocycles. The highest BCUT2D eigenvalue weighted by Crippen LogP contribution is 2.05. The molecule has 5 N–H and O–H groups in total. The summed E-state index contributed by atoms with van der Waals surface area (Å²) in [6.07, 6.45) is 0.442. The van der Waals surface area contributed by atoms with E-state index in [4.69, 9.17) is 15.3 Å². The lowest BCUT2D eigenvalue weighted by Crippen LogP contribution is -2.44. The molecular weight excluding hydrogens is 156 g/mol. The number of rotatable bonds is 3. The minimum Gasteiger partial charge on any atom is -0.478 e. The van der Waals surface area contributed by atoms with Gasteiger partial charge < -0.3 is 20.8 Å². The third-order valence-corrected chi connectivity index (χ3v) is 0.948. The predicted molar refractivity (Wildman–Crippen MR) is 34.0 cm³/mol. The van der Waals surface area contributed by atoms with Crippen LogP contribution in [-0.4, -0.2) is 38.3 Å². The van der Waals surface area contributed by atoms with E-state index in [1.165, 1.54) is 0 Å². The van der Waals surface area contributed by atoms with Crippen molar-refractivity contribution in [3.8, 4) is 0 Å². The summed E-state index contributed by atoms with van der Waals surface area (Å²) < 4.78 is 0. The highest BCUT2D eigenvalue weighted by molar-refractivity contribution is 6.03. The molecule has 0 fully saturated rings. The van der Waals surface area contributed by atoms with E-state index in [0.29, 0.717) is 6.08 Å². The van der Waals surface area contributed by atoms with Crippen molar-refractivity contribution in [1.82, 2.24) is 0 Å².